The molecule has 0 atom stereocenters. The fourth-order valence-electron chi connectivity index (χ4n) is 1.74. The average Bonchev–Trinajstić information content (AvgIpc) is 2.67. The standard InChI is InChI=1S/C12H16N2/c1-2-13-9-6-10-14(13)11-12-7-4-3-5-8-12/h3-9H,2,10-11H2,1H3. The summed E-state index contributed by atoms with van der Waals surface area (Å²) >= 11 is 0. The summed E-state index contributed by atoms with van der Waals surface area (Å²) in [7, 11) is 0. The van der Waals surface area contributed by atoms with Crippen molar-refractivity contribution in [3.8, 4) is 0 Å². The van der Waals surface area contributed by atoms with Crippen molar-refractivity contribution in [2.75, 3.05) is 13.1 Å². The van der Waals surface area contributed by atoms with E-state index in [-0.39, 0.29) is 0 Å². The molecule has 0 unspecified atom stereocenters. The highest BCUT2D eigenvalue weighted by atomic mass is 15.6. The lowest BCUT2D eigenvalue weighted by Crippen LogP contribution is -2.34. The Hall–Kier alpha value is -1.28. The van der Waals surface area contributed by atoms with E-state index >= 15 is 0 Å². The third-order valence-electron chi connectivity index (χ3n) is 2.49. The second-order valence-electron chi connectivity index (χ2n) is 3.47. The molecule has 0 radical (unpaired) electrons. The molecule has 0 bridgehead atoms. The number of hydrogen-bond acceptors (Lipinski definition) is 2. The smallest absolute Gasteiger partial charge is 0.0435 e. The summed E-state index contributed by atoms with van der Waals surface area (Å²) in [6.45, 7) is 5.25. The van der Waals surface area contributed by atoms with Crippen LogP contribution >= 0.6 is 0 Å². The van der Waals surface area contributed by atoms with Crippen molar-refractivity contribution < 1.29 is 0 Å². The Kier molecular flexibility index (Phi) is 2.84. The first-order valence-electron chi connectivity index (χ1n) is 5.12. The number of rotatable bonds is 3. The minimum absolute atomic E-state index is 1.00. The van der Waals surface area contributed by atoms with E-state index in [9.17, 15) is 0 Å². The van der Waals surface area contributed by atoms with Gasteiger partial charge in [0.1, 0.15) is 0 Å². The first kappa shape index (κ1) is 9.28. The molecule has 1 aromatic rings. The maximum atomic E-state index is 2.34. The predicted octanol–water partition coefficient (Wildman–Crippen LogP) is 2.25. The van der Waals surface area contributed by atoms with Gasteiger partial charge in [0.2, 0.25) is 0 Å². The summed E-state index contributed by atoms with van der Waals surface area (Å²) in [5.74, 6) is 0. The third-order valence-corrected chi connectivity index (χ3v) is 2.49. The largest absolute Gasteiger partial charge is 0.313 e. The molecular weight excluding hydrogens is 172 g/mol. The van der Waals surface area contributed by atoms with Gasteiger partial charge in [0, 0.05) is 25.8 Å². The number of nitrogens with zero attached hydrogens (tertiary/aromatic N) is 2. The van der Waals surface area contributed by atoms with Crippen LogP contribution in [0, 0.1) is 0 Å². The Morgan fingerprint density at radius 2 is 2.00 bits per heavy atom. The summed E-state index contributed by atoms with van der Waals surface area (Å²) in [5.41, 5.74) is 1.37. The van der Waals surface area contributed by atoms with E-state index in [4.69, 9.17) is 0 Å². The molecule has 0 spiro atoms. The molecule has 14 heavy (non-hydrogen) atoms. The molecule has 0 amide bonds. The molecule has 1 heterocycles. The highest BCUT2D eigenvalue weighted by Gasteiger charge is 2.13. The maximum Gasteiger partial charge on any atom is 0.0435 e. The lowest BCUT2D eigenvalue weighted by Gasteiger charge is -2.27. The Bertz CT molecular complexity index is 305. The molecule has 1 aliphatic heterocycles. The quantitative estimate of drug-likeness (QED) is 0.718. The molecule has 1 aliphatic rings. The Balaban J connectivity index is 1.99. The van der Waals surface area contributed by atoms with Crippen LogP contribution in [0.3, 0.4) is 0 Å². The van der Waals surface area contributed by atoms with E-state index in [1.54, 1.807) is 0 Å². The van der Waals surface area contributed by atoms with Gasteiger partial charge in [-0.2, -0.15) is 0 Å². The fraction of sp³-hybridized carbons (Fsp3) is 0.333. The lowest BCUT2D eigenvalue weighted by molar-refractivity contribution is 0.0488. The zero-order valence-corrected chi connectivity index (χ0v) is 8.56. The normalized spacial score (nSPS) is 16.5. The second kappa shape index (κ2) is 4.29. The van der Waals surface area contributed by atoms with Crippen molar-refractivity contribution in [2.24, 2.45) is 0 Å². The summed E-state index contributed by atoms with van der Waals surface area (Å²) in [4.78, 5) is 0. The van der Waals surface area contributed by atoms with Crippen LogP contribution in [-0.4, -0.2) is 23.1 Å². The number of hydrazine groups is 1. The van der Waals surface area contributed by atoms with Gasteiger partial charge in [-0.3, -0.25) is 0 Å². The zero-order valence-electron chi connectivity index (χ0n) is 8.56. The third kappa shape index (κ3) is 1.96. The van der Waals surface area contributed by atoms with Crippen molar-refractivity contribution in [3.63, 3.8) is 0 Å². The van der Waals surface area contributed by atoms with E-state index in [0.717, 1.165) is 19.6 Å². The van der Waals surface area contributed by atoms with Gasteiger partial charge in [0.15, 0.2) is 0 Å². The minimum atomic E-state index is 1.00. The molecule has 1 aromatic carbocycles. The number of benzene rings is 1. The van der Waals surface area contributed by atoms with Gasteiger partial charge >= 0.3 is 0 Å². The van der Waals surface area contributed by atoms with Crippen LogP contribution in [-0.2, 0) is 6.54 Å². The lowest BCUT2D eigenvalue weighted by atomic mass is 10.2. The van der Waals surface area contributed by atoms with Crippen LogP contribution < -0.4 is 0 Å². The zero-order chi connectivity index (χ0) is 9.80. The summed E-state index contributed by atoms with van der Waals surface area (Å²) in [6.07, 6.45) is 4.36. The summed E-state index contributed by atoms with van der Waals surface area (Å²) < 4.78 is 0. The van der Waals surface area contributed by atoms with Crippen LogP contribution in [0.4, 0.5) is 0 Å². The molecule has 2 heteroatoms. The van der Waals surface area contributed by atoms with E-state index in [2.05, 4.69) is 59.5 Å². The molecule has 0 aliphatic carbocycles. The Labute approximate surface area is 85.4 Å². The van der Waals surface area contributed by atoms with Gasteiger partial charge in [0.25, 0.3) is 0 Å². The Morgan fingerprint density at radius 3 is 2.71 bits per heavy atom. The summed E-state index contributed by atoms with van der Waals surface area (Å²) in [6, 6.07) is 10.6. The van der Waals surface area contributed by atoms with Gasteiger partial charge in [-0.1, -0.05) is 36.4 Å². The minimum Gasteiger partial charge on any atom is -0.313 e. The molecule has 2 nitrogen and oxygen atoms in total. The SMILES string of the molecule is CCN1C=CCN1Cc1ccccc1. The summed E-state index contributed by atoms with van der Waals surface area (Å²) in [5, 5.41) is 4.60. The molecule has 0 saturated carbocycles. The van der Waals surface area contributed by atoms with Crippen molar-refractivity contribution in [2.45, 2.75) is 13.5 Å². The maximum absolute atomic E-state index is 2.34. The van der Waals surface area contributed by atoms with Gasteiger partial charge in [-0.25, -0.2) is 5.01 Å². The molecule has 2 rings (SSSR count). The van der Waals surface area contributed by atoms with Crippen LogP contribution in [0.2, 0.25) is 0 Å². The van der Waals surface area contributed by atoms with Gasteiger partial charge < -0.3 is 5.01 Å². The van der Waals surface area contributed by atoms with E-state index in [1.165, 1.54) is 5.56 Å². The molecule has 0 saturated heterocycles. The molecule has 74 valence electrons. The van der Waals surface area contributed by atoms with Gasteiger partial charge in [0.05, 0.1) is 0 Å². The highest BCUT2D eigenvalue weighted by molar-refractivity contribution is 5.14. The first-order chi connectivity index (χ1) is 6.90. The molecule has 0 fully saturated rings. The van der Waals surface area contributed by atoms with Crippen LogP contribution in [0.15, 0.2) is 42.6 Å². The van der Waals surface area contributed by atoms with Crippen LogP contribution in [0.1, 0.15) is 12.5 Å². The first-order valence-corrected chi connectivity index (χ1v) is 5.12. The number of hydrogen-bond donors (Lipinski definition) is 0. The van der Waals surface area contributed by atoms with E-state index < -0.39 is 0 Å². The van der Waals surface area contributed by atoms with Gasteiger partial charge in [-0.15, -0.1) is 0 Å². The molecule has 0 aromatic heterocycles. The molecular formula is C12H16N2. The fourth-order valence-corrected chi connectivity index (χ4v) is 1.74. The van der Waals surface area contributed by atoms with Crippen LogP contribution in [0.5, 0.6) is 0 Å². The average molecular weight is 188 g/mol. The van der Waals surface area contributed by atoms with Crippen LogP contribution in [0.25, 0.3) is 0 Å². The highest BCUT2D eigenvalue weighted by Crippen LogP contribution is 2.12. The monoisotopic (exact) mass is 188 g/mol. The molecule has 0 N–H and O–H groups in total. The topological polar surface area (TPSA) is 6.48 Å². The van der Waals surface area contributed by atoms with E-state index in [0.29, 0.717) is 0 Å². The van der Waals surface area contributed by atoms with Crippen molar-refractivity contribution in [1.29, 1.82) is 0 Å². The van der Waals surface area contributed by atoms with Crippen molar-refractivity contribution >= 4 is 0 Å². The Morgan fingerprint density at radius 1 is 1.21 bits per heavy atom. The van der Waals surface area contributed by atoms with Crippen molar-refractivity contribution in [3.05, 3.63) is 48.2 Å². The van der Waals surface area contributed by atoms with E-state index in [1.807, 2.05) is 0 Å². The predicted molar refractivity (Wildman–Crippen MR) is 58.4 cm³/mol. The van der Waals surface area contributed by atoms with Gasteiger partial charge in [-0.05, 0) is 12.5 Å². The second-order valence-corrected chi connectivity index (χ2v) is 3.47. The van der Waals surface area contributed by atoms with Crippen molar-refractivity contribution in [1.82, 2.24) is 10.0 Å².